The third kappa shape index (κ3) is 2.82. The molecule has 1 fully saturated rings. The van der Waals surface area contributed by atoms with Crippen LogP contribution in [0.1, 0.15) is 43.4 Å². The molecule has 3 heteroatoms. The van der Waals surface area contributed by atoms with Gasteiger partial charge in [0.1, 0.15) is 5.82 Å². The molecule has 0 unspecified atom stereocenters. The van der Waals surface area contributed by atoms with Crippen LogP contribution >= 0.6 is 0 Å². The maximum Gasteiger partial charge on any atom is 0.162 e. The van der Waals surface area contributed by atoms with Crippen LogP contribution in [0, 0.1) is 6.92 Å². The summed E-state index contributed by atoms with van der Waals surface area (Å²) in [5.41, 5.74) is 3.55. The van der Waals surface area contributed by atoms with Crippen molar-refractivity contribution in [3.8, 4) is 11.4 Å². The lowest BCUT2D eigenvalue weighted by atomic mass is 10.1. The van der Waals surface area contributed by atoms with Gasteiger partial charge in [0, 0.05) is 29.8 Å². The van der Waals surface area contributed by atoms with E-state index in [9.17, 15) is 0 Å². The van der Waals surface area contributed by atoms with Crippen LogP contribution < -0.4 is 5.32 Å². The minimum atomic E-state index is 0.642. The molecule has 104 valence electrons. The summed E-state index contributed by atoms with van der Waals surface area (Å²) in [6, 6.07) is 10.4. The monoisotopic (exact) mass is 267 g/mol. The first-order chi connectivity index (χ1) is 9.78. The van der Waals surface area contributed by atoms with Crippen LogP contribution in [0.15, 0.2) is 30.3 Å². The molecule has 2 aromatic rings. The SMILES string of the molecule is CCCNc1cc(C2CC2)nc(-c2ccccc2C)n1. The Morgan fingerprint density at radius 1 is 1.20 bits per heavy atom. The highest BCUT2D eigenvalue weighted by Crippen LogP contribution is 2.40. The molecule has 3 nitrogen and oxygen atoms in total. The van der Waals surface area contributed by atoms with E-state index in [1.165, 1.54) is 24.1 Å². The Hall–Kier alpha value is -1.90. The number of aryl methyl sites for hydroxylation is 1. The quantitative estimate of drug-likeness (QED) is 0.884. The fourth-order valence-corrected chi connectivity index (χ4v) is 2.34. The van der Waals surface area contributed by atoms with Crippen molar-refractivity contribution in [3.05, 3.63) is 41.6 Å². The predicted octanol–water partition coefficient (Wildman–Crippen LogP) is 4.15. The molecule has 1 N–H and O–H groups in total. The maximum atomic E-state index is 4.78. The third-order valence-corrected chi connectivity index (χ3v) is 3.68. The summed E-state index contributed by atoms with van der Waals surface area (Å²) >= 11 is 0. The van der Waals surface area contributed by atoms with Crippen LogP contribution in [0.3, 0.4) is 0 Å². The highest BCUT2D eigenvalue weighted by Gasteiger charge is 2.26. The Kier molecular flexibility index (Phi) is 3.68. The van der Waals surface area contributed by atoms with E-state index in [1.54, 1.807) is 0 Å². The molecule has 0 aliphatic heterocycles. The van der Waals surface area contributed by atoms with Gasteiger partial charge in [-0.3, -0.25) is 0 Å². The summed E-state index contributed by atoms with van der Waals surface area (Å²) in [6.45, 7) is 5.23. The molecule has 20 heavy (non-hydrogen) atoms. The number of benzene rings is 1. The van der Waals surface area contributed by atoms with Crippen molar-refractivity contribution in [3.63, 3.8) is 0 Å². The number of rotatable bonds is 5. The zero-order valence-electron chi connectivity index (χ0n) is 12.2. The lowest BCUT2D eigenvalue weighted by Gasteiger charge is -2.10. The van der Waals surface area contributed by atoms with Gasteiger partial charge in [-0.1, -0.05) is 31.2 Å². The maximum absolute atomic E-state index is 4.78. The molecule has 1 aromatic heterocycles. The van der Waals surface area contributed by atoms with Crippen LogP contribution in [0.5, 0.6) is 0 Å². The number of nitrogens with one attached hydrogen (secondary N) is 1. The van der Waals surface area contributed by atoms with Crippen LogP contribution in [0.4, 0.5) is 5.82 Å². The van der Waals surface area contributed by atoms with Crippen LogP contribution in [-0.2, 0) is 0 Å². The normalized spacial score (nSPS) is 14.3. The van der Waals surface area contributed by atoms with Crippen molar-refractivity contribution in [2.45, 2.75) is 39.0 Å². The Bertz CT molecular complexity index is 603. The number of nitrogens with zero attached hydrogens (tertiary/aromatic N) is 2. The molecule has 0 atom stereocenters. The van der Waals surface area contributed by atoms with E-state index in [0.717, 1.165) is 30.2 Å². The van der Waals surface area contributed by atoms with Gasteiger partial charge < -0.3 is 5.32 Å². The van der Waals surface area contributed by atoms with E-state index in [4.69, 9.17) is 4.98 Å². The molecule has 1 aromatic carbocycles. The summed E-state index contributed by atoms with van der Waals surface area (Å²) in [5.74, 6) is 2.45. The standard InChI is InChI=1S/C17H21N3/c1-3-10-18-16-11-15(13-8-9-13)19-17(20-16)14-7-5-4-6-12(14)2/h4-7,11,13H,3,8-10H2,1-2H3,(H,18,19,20). The van der Waals surface area contributed by atoms with Crippen LogP contribution in [-0.4, -0.2) is 16.5 Å². The van der Waals surface area contributed by atoms with Gasteiger partial charge in [0.15, 0.2) is 5.82 Å². The highest BCUT2D eigenvalue weighted by atomic mass is 15.0. The Balaban J connectivity index is 2.00. The second-order valence-corrected chi connectivity index (χ2v) is 5.52. The van der Waals surface area contributed by atoms with Crippen molar-refractivity contribution in [2.24, 2.45) is 0 Å². The van der Waals surface area contributed by atoms with Crippen LogP contribution in [0.25, 0.3) is 11.4 Å². The number of hydrogen-bond acceptors (Lipinski definition) is 3. The zero-order valence-corrected chi connectivity index (χ0v) is 12.2. The molecular formula is C17H21N3. The second-order valence-electron chi connectivity index (χ2n) is 5.52. The Morgan fingerprint density at radius 3 is 2.70 bits per heavy atom. The fraction of sp³-hybridized carbons (Fsp3) is 0.412. The fourth-order valence-electron chi connectivity index (χ4n) is 2.34. The van der Waals surface area contributed by atoms with Gasteiger partial charge in [-0.15, -0.1) is 0 Å². The zero-order chi connectivity index (χ0) is 13.9. The largest absolute Gasteiger partial charge is 0.370 e. The minimum absolute atomic E-state index is 0.642. The molecule has 1 saturated carbocycles. The van der Waals surface area contributed by atoms with Gasteiger partial charge in [0.2, 0.25) is 0 Å². The van der Waals surface area contributed by atoms with Crippen LogP contribution in [0.2, 0.25) is 0 Å². The van der Waals surface area contributed by atoms with E-state index in [1.807, 2.05) is 0 Å². The molecule has 0 bridgehead atoms. The average molecular weight is 267 g/mol. The van der Waals surface area contributed by atoms with Crippen molar-refractivity contribution in [1.29, 1.82) is 0 Å². The highest BCUT2D eigenvalue weighted by molar-refractivity contribution is 5.62. The van der Waals surface area contributed by atoms with Gasteiger partial charge in [-0.25, -0.2) is 9.97 Å². The molecule has 0 radical (unpaired) electrons. The van der Waals surface area contributed by atoms with E-state index in [2.05, 4.69) is 54.5 Å². The minimum Gasteiger partial charge on any atom is -0.370 e. The lowest BCUT2D eigenvalue weighted by Crippen LogP contribution is -2.05. The Morgan fingerprint density at radius 2 is 2.00 bits per heavy atom. The first-order valence-corrected chi connectivity index (χ1v) is 7.46. The van der Waals surface area contributed by atoms with Gasteiger partial charge in [-0.2, -0.15) is 0 Å². The number of aromatic nitrogens is 2. The smallest absolute Gasteiger partial charge is 0.162 e. The molecule has 1 aliphatic rings. The topological polar surface area (TPSA) is 37.8 Å². The summed E-state index contributed by atoms with van der Waals surface area (Å²) in [6.07, 6.45) is 3.62. The number of hydrogen-bond donors (Lipinski definition) is 1. The van der Waals surface area contributed by atoms with Crippen molar-refractivity contribution < 1.29 is 0 Å². The second kappa shape index (κ2) is 5.61. The van der Waals surface area contributed by atoms with Gasteiger partial charge in [-0.05, 0) is 31.7 Å². The lowest BCUT2D eigenvalue weighted by molar-refractivity contribution is 0.947. The molecule has 1 aliphatic carbocycles. The van der Waals surface area contributed by atoms with Gasteiger partial charge >= 0.3 is 0 Å². The first-order valence-electron chi connectivity index (χ1n) is 7.46. The first kappa shape index (κ1) is 13.1. The summed E-state index contributed by atoms with van der Waals surface area (Å²) in [5, 5.41) is 3.40. The average Bonchev–Trinajstić information content (AvgIpc) is 3.30. The predicted molar refractivity (Wildman–Crippen MR) is 83.0 cm³/mol. The molecule has 0 amide bonds. The van der Waals surface area contributed by atoms with Gasteiger partial charge in [0.25, 0.3) is 0 Å². The molecule has 3 rings (SSSR count). The van der Waals surface area contributed by atoms with E-state index in [0.29, 0.717) is 5.92 Å². The van der Waals surface area contributed by atoms with E-state index >= 15 is 0 Å². The Labute approximate surface area is 120 Å². The van der Waals surface area contributed by atoms with Crippen molar-refractivity contribution >= 4 is 5.82 Å². The third-order valence-electron chi connectivity index (χ3n) is 3.68. The number of anilines is 1. The molecular weight excluding hydrogens is 246 g/mol. The summed E-state index contributed by atoms with van der Waals surface area (Å²) in [4.78, 5) is 9.47. The molecule has 0 saturated heterocycles. The molecule has 1 heterocycles. The van der Waals surface area contributed by atoms with Crippen molar-refractivity contribution in [1.82, 2.24) is 9.97 Å². The van der Waals surface area contributed by atoms with Crippen molar-refractivity contribution in [2.75, 3.05) is 11.9 Å². The van der Waals surface area contributed by atoms with E-state index in [-0.39, 0.29) is 0 Å². The summed E-state index contributed by atoms with van der Waals surface area (Å²) < 4.78 is 0. The van der Waals surface area contributed by atoms with E-state index < -0.39 is 0 Å². The van der Waals surface area contributed by atoms with Gasteiger partial charge in [0.05, 0.1) is 0 Å². The molecule has 0 spiro atoms. The summed E-state index contributed by atoms with van der Waals surface area (Å²) in [7, 11) is 0.